The normalized spacial score (nSPS) is 11.4. The molecule has 0 amide bonds. The van der Waals surface area contributed by atoms with Gasteiger partial charge in [0.25, 0.3) is 0 Å². The van der Waals surface area contributed by atoms with Gasteiger partial charge in [0.05, 0.1) is 21.3 Å². The zero-order chi connectivity index (χ0) is 20.7. The van der Waals surface area contributed by atoms with E-state index in [1.165, 1.54) is 17.8 Å². The first-order valence-corrected chi connectivity index (χ1v) is 10.3. The molecule has 146 valence electrons. The van der Waals surface area contributed by atoms with Crippen molar-refractivity contribution in [2.75, 3.05) is 6.26 Å². The number of hydrogen-bond acceptors (Lipinski definition) is 6. The Labute approximate surface area is 178 Å². The summed E-state index contributed by atoms with van der Waals surface area (Å²) in [6, 6.07) is 3.09. The van der Waals surface area contributed by atoms with Gasteiger partial charge in [-0.05, 0) is 24.3 Å². The van der Waals surface area contributed by atoms with Crippen LogP contribution in [-0.4, -0.2) is 25.7 Å². The summed E-state index contributed by atoms with van der Waals surface area (Å²) in [6.45, 7) is 3.82. The fourth-order valence-corrected chi connectivity index (χ4v) is 4.00. The van der Waals surface area contributed by atoms with Gasteiger partial charge < -0.3 is 0 Å². The van der Waals surface area contributed by atoms with E-state index in [4.69, 9.17) is 34.8 Å². The summed E-state index contributed by atoms with van der Waals surface area (Å²) in [5.74, 6) is -0.0680. The van der Waals surface area contributed by atoms with E-state index in [0.717, 1.165) is 4.57 Å². The second-order valence-electron chi connectivity index (χ2n) is 6.09. The first kappa shape index (κ1) is 20.9. The van der Waals surface area contributed by atoms with Crippen LogP contribution in [0, 0.1) is 10.1 Å². The van der Waals surface area contributed by atoms with Gasteiger partial charge in [-0.1, -0.05) is 48.7 Å². The lowest BCUT2D eigenvalue weighted by molar-refractivity contribution is -0.386. The largest absolute Gasteiger partial charge is 0.353 e. The van der Waals surface area contributed by atoms with E-state index in [-0.39, 0.29) is 32.1 Å². The third-order valence-electron chi connectivity index (χ3n) is 4.06. The minimum Gasteiger partial charge on any atom is -0.261 e. The number of pyridine rings is 3. The van der Waals surface area contributed by atoms with Crippen molar-refractivity contribution in [1.29, 1.82) is 0 Å². The molecule has 3 aromatic heterocycles. The fourth-order valence-electron chi connectivity index (χ4n) is 2.84. The van der Waals surface area contributed by atoms with Crippen molar-refractivity contribution in [2.24, 2.45) is 0 Å². The van der Waals surface area contributed by atoms with Crippen LogP contribution in [0.3, 0.4) is 0 Å². The van der Waals surface area contributed by atoms with Gasteiger partial charge >= 0.3 is 11.2 Å². The number of rotatable bonds is 4. The van der Waals surface area contributed by atoms with Gasteiger partial charge in [0.15, 0.2) is 5.65 Å². The van der Waals surface area contributed by atoms with E-state index in [2.05, 4.69) is 9.97 Å². The van der Waals surface area contributed by atoms with Crippen molar-refractivity contribution in [2.45, 2.75) is 24.7 Å². The summed E-state index contributed by atoms with van der Waals surface area (Å²) < 4.78 is 1.15. The van der Waals surface area contributed by atoms with Crippen LogP contribution in [0.15, 0.2) is 28.0 Å². The minimum absolute atomic E-state index is 0.0482. The smallest absolute Gasteiger partial charge is 0.261 e. The molecule has 0 aromatic carbocycles. The lowest BCUT2D eigenvalue weighted by atomic mass is 10.1. The number of thioether (sulfide) groups is 1. The molecule has 0 aliphatic rings. The molecule has 0 N–H and O–H groups in total. The van der Waals surface area contributed by atoms with Crippen LogP contribution < -0.4 is 5.56 Å². The van der Waals surface area contributed by atoms with Crippen LogP contribution in [0.1, 0.15) is 25.5 Å². The maximum absolute atomic E-state index is 13.2. The molecule has 0 fully saturated rings. The van der Waals surface area contributed by atoms with Gasteiger partial charge in [-0.3, -0.25) is 24.5 Å². The van der Waals surface area contributed by atoms with Gasteiger partial charge in [-0.2, -0.15) is 0 Å². The van der Waals surface area contributed by atoms with Crippen molar-refractivity contribution in [1.82, 2.24) is 14.5 Å². The zero-order valence-corrected chi connectivity index (χ0v) is 17.9. The molecule has 3 heterocycles. The van der Waals surface area contributed by atoms with Crippen LogP contribution in [0.2, 0.25) is 15.2 Å². The van der Waals surface area contributed by atoms with E-state index in [9.17, 15) is 14.9 Å². The summed E-state index contributed by atoms with van der Waals surface area (Å²) >= 11 is 19.7. The van der Waals surface area contributed by atoms with Crippen LogP contribution in [0.5, 0.6) is 0 Å². The Hall–Kier alpha value is -1.87. The summed E-state index contributed by atoms with van der Waals surface area (Å²) in [5, 5.41) is 11.4. The number of nitrogens with zero attached hydrogens (tertiary/aromatic N) is 4. The molecule has 0 saturated carbocycles. The second kappa shape index (κ2) is 7.87. The van der Waals surface area contributed by atoms with Gasteiger partial charge in [0.1, 0.15) is 10.2 Å². The number of nitro groups is 1. The maximum Gasteiger partial charge on any atom is 0.353 e. The van der Waals surface area contributed by atoms with Gasteiger partial charge in [-0.15, -0.1) is 11.8 Å². The molecule has 0 atom stereocenters. The Morgan fingerprint density at radius 2 is 1.96 bits per heavy atom. The molecule has 28 heavy (non-hydrogen) atoms. The van der Waals surface area contributed by atoms with E-state index in [0.29, 0.717) is 16.3 Å². The minimum atomic E-state index is -0.918. The van der Waals surface area contributed by atoms with E-state index >= 15 is 0 Å². The Balaban J connectivity index is 2.65. The van der Waals surface area contributed by atoms with Crippen LogP contribution in [0.4, 0.5) is 5.69 Å². The number of fused-ring (bicyclic) bond motifs is 1. The van der Waals surface area contributed by atoms with Crippen molar-refractivity contribution in [3.63, 3.8) is 0 Å². The Morgan fingerprint density at radius 1 is 1.29 bits per heavy atom. The molecular weight excluding hydrogens is 447 g/mol. The molecule has 0 spiro atoms. The van der Waals surface area contributed by atoms with Gasteiger partial charge in [0.2, 0.25) is 0 Å². The van der Waals surface area contributed by atoms with Gasteiger partial charge in [-0.25, -0.2) is 4.98 Å². The summed E-state index contributed by atoms with van der Waals surface area (Å²) in [4.78, 5) is 33.2. The third kappa shape index (κ3) is 3.34. The highest BCUT2D eigenvalue weighted by atomic mass is 35.5. The molecule has 3 rings (SSSR count). The highest BCUT2D eigenvalue weighted by Gasteiger charge is 2.29. The monoisotopic (exact) mass is 458 g/mol. The number of halogens is 3. The molecule has 3 aromatic rings. The maximum atomic E-state index is 13.2. The predicted molar refractivity (Wildman–Crippen MR) is 113 cm³/mol. The van der Waals surface area contributed by atoms with Crippen LogP contribution in [0.25, 0.3) is 16.7 Å². The second-order valence-corrected chi connectivity index (χ2v) is 8.09. The van der Waals surface area contributed by atoms with Crippen LogP contribution in [-0.2, 0) is 0 Å². The topological polar surface area (TPSA) is 90.9 Å². The Bertz CT molecular complexity index is 1180. The summed E-state index contributed by atoms with van der Waals surface area (Å²) in [6.07, 6.45) is 3.46. The van der Waals surface area contributed by atoms with Crippen molar-refractivity contribution >= 4 is 63.3 Å². The van der Waals surface area contributed by atoms with E-state index in [1.807, 2.05) is 20.1 Å². The molecule has 0 unspecified atom stereocenters. The van der Waals surface area contributed by atoms with E-state index < -0.39 is 16.2 Å². The fraction of sp³-hybridized carbons (Fsp3) is 0.235. The highest BCUT2D eigenvalue weighted by Crippen LogP contribution is 2.37. The van der Waals surface area contributed by atoms with E-state index in [1.54, 1.807) is 12.3 Å². The average molecular weight is 460 g/mol. The lowest BCUT2D eigenvalue weighted by Crippen LogP contribution is -2.25. The number of hydrogen-bond donors (Lipinski definition) is 0. The standard InChI is InChI=1S/C17H13Cl3N4O3S/c1-7(2)12-13(10(28-3)4-5-21-12)23-16-8(6-9(18)15(20)22-16)11(19)14(17(23)25)24(26)27/h4-7H,1-3H3. The zero-order valence-electron chi connectivity index (χ0n) is 14.9. The number of aromatic nitrogens is 3. The SMILES string of the molecule is CSc1ccnc(C(C)C)c1-n1c(=O)c([N+](=O)[O-])c(Cl)c2cc(Cl)c(Cl)nc21. The average Bonchev–Trinajstić information content (AvgIpc) is 2.63. The van der Waals surface area contributed by atoms with Crippen molar-refractivity contribution < 1.29 is 4.92 Å². The quantitative estimate of drug-likeness (QED) is 0.222. The predicted octanol–water partition coefficient (Wildman–Crippen LogP) is 5.49. The molecular formula is C17H13Cl3N4O3S. The first-order valence-electron chi connectivity index (χ1n) is 7.96. The van der Waals surface area contributed by atoms with Gasteiger partial charge in [0, 0.05) is 16.5 Å². The molecule has 11 heteroatoms. The molecule has 0 radical (unpaired) electrons. The molecule has 0 bridgehead atoms. The summed E-state index contributed by atoms with van der Waals surface area (Å²) in [5.41, 5.74) is -0.621. The van der Waals surface area contributed by atoms with Crippen molar-refractivity contribution in [3.05, 3.63) is 59.7 Å². The first-order chi connectivity index (χ1) is 13.2. The third-order valence-corrected chi connectivity index (χ3v) is 5.89. The van der Waals surface area contributed by atoms with Crippen molar-refractivity contribution in [3.8, 4) is 5.69 Å². The molecule has 0 aliphatic carbocycles. The highest BCUT2D eigenvalue weighted by molar-refractivity contribution is 7.98. The molecule has 7 nitrogen and oxygen atoms in total. The molecule has 0 saturated heterocycles. The Morgan fingerprint density at radius 3 is 2.54 bits per heavy atom. The lowest BCUT2D eigenvalue weighted by Gasteiger charge is -2.19. The Kier molecular flexibility index (Phi) is 5.86. The van der Waals surface area contributed by atoms with Crippen LogP contribution >= 0.6 is 46.6 Å². The molecule has 0 aliphatic heterocycles. The summed E-state index contributed by atoms with van der Waals surface area (Å²) in [7, 11) is 0.